The van der Waals surface area contributed by atoms with Crippen LogP contribution in [0.15, 0.2) is 48.5 Å². The zero-order chi connectivity index (χ0) is 17.0. The number of carbonyl (C=O) groups excluding carboxylic acids is 1. The summed E-state index contributed by atoms with van der Waals surface area (Å²) >= 11 is 0. The number of benzene rings is 2. The molecule has 0 radical (unpaired) electrons. The molecule has 0 aliphatic heterocycles. The second-order valence-electron chi connectivity index (χ2n) is 4.92. The zero-order valence-electron chi connectivity index (χ0n) is 12.0. The van der Waals surface area contributed by atoms with Crippen LogP contribution in [0.5, 0.6) is 0 Å². The van der Waals surface area contributed by atoms with Crippen LogP contribution in [0.3, 0.4) is 0 Å². The van der Waals surface area contributed by atoms with Crippen molar-refractivity contribution in [3.8, 4) is 0 Å². The highest BCUT2D eigenvalue weighted by Gasteiger charge is 2.30. The van der Waals surface area contributed by atoms with Crippen molar-refractivity contribution in [2.75, 3.05) is 0 Å². The van der Waals surface area contributed by atoms with Gasteiger partial charge in [-0.25, -0.2) is 4.79 Å². The van der Waals surface area contributed by atoms with Gasteiger partial charge < -0.3 is 10.8 Å². The molecule has 0 amide bonds. The Balaban J connectivity index is 2.41. The molecule has 2 rings (SSSR count). The monoisotopic (exact) mass is 314 g/mol. The van der Waals surface area contributed by atoms with Crippen LogP contribution in [0.2, 0.25) is 0 Å². The van der Waals surface area contributed by atoms with Gasteiger partial charge in [-0.05, 0) is 18.1 Å². The first-order chi connectivity index (χ1) is 10.9. The number of nitrogens with zero attached hydrogens (tertiary/aromatic N) is 1. The van der Waals surface area contributed by atoms with Gasteiger partial charge >= 0.3 is 5.97 Å². The van der Waals surface area contributed by atoms with Crippen LogP contribution in [-0.2, 0) is 6.42 Å². The third-order valence-electron chi connectivity index (χ3n) is 3.35. The van der Waals surface area contributed by atoms with E-state index in [4.69, 9.17) is 5.73 Å². The molecule has 118 valence electrons. The molecule has 0 saturated carbocycles. The molecule has 0 aliphatic carbocycles. The summed E-state index contributed by atoms with van der Waals surface area (Å²) < 4.78 is 0. The van der Waals surface area contributed by atoms with Crippen LogP contribution >= 0.6 is 0 Å². The van der Waals surface area contributed by atoms with E-state index < -0.39 is 39.5 Å². The number of carbonyl (C=O) groups is 2. The molecule has 2 aromatic carbocycles. The highest BCUT2D eigenvalue weighted by molar-refractivity contribution is 6.11. The minimum atomic E-state index is -1.41. The van der Waals surface area contributed by atoms with Crippen molar-refractivity contribution in [1.82, 2.24) is 0 Å². The third-order valence-corrected chi connectivity index (χ3v) is 3.35. The van der Waals surface area contributed by atoms with Gasteiger partial charge in [0.25, 0.3) is 5.69 Å². The minimum Gasteiger partial charge on any atom is -0.478 e. The van der Waals surface area contributed by atoms with E-state index in [1.807, 2.05) is 0 Å². The molecule has 2 aromatic rings. The van der Waals surface area contributed by atoms with Gasteiger partial charge in [0.1, 0.15) is 5.56 Å². The molecule has 0 saturated heterocycles. The first-order valence-electron chi connectivity index (χ1n) is 6.76. The molecule has 0 spiro atoms. The second kappa shape index (κ2) is 6.80. The van der Waals surface area contributed by atoms with E-state index in [0.717, 1.165) is 17.7 Å². The number of nitro benzene ring substituents is 1. The Hall–Kier alpha value is -3.06. The SMILES string of the molecule is N[C@@H](Cc1ccccc1)C(=O)c1c(C(=O)O)cccc1[N+](=O)[O-]. The molecule has 7 nitrogen and oxygen atoms in total. The fraction of sp³-hybridized carbons (Fsp3) is 0.125. The van der Waals surface area contributed by atoms with Gasteiger partial charge in [-0.2, -0.15) is 0 Å². The number of Topliss-reactive ketones (excluding diaryl/α,β-unsaturated/α-hetero) is 1. The van der Waals surface area contributed by atoms with Gasteiger partial charge in [0.05, 0.1) is 16.5 Å². The quantitative estimate of drug-likeness (QED) is 0.478. The Bertz CT molecular complexity index is 726. The van der Waals surface area contributed by atoms with Crippen LogP contribution in [0.4, 0.5) is 5.69 Å². The largest absolute Gasteiger partial charge is 0.478 e. The normalized spacial score (nSPS) is 11.7. The minimum absolute atomic E-state index is 0.158. The number of carboxylic acids is 1. The standard InChI is InChI=1S/C16H14N2O5/c17-12(9-10-5-2-1-3-6-10)15(19)14-11(16(20)21)7-4-8-13(14)18(22)23/h1-8,12H,9,17H2,(H,20,21)/t12-/m0/s1. The van der Waals surface area contributed by atoms with Gasteiger partial charge in [-0.15, -0.1) is 0 Å². The number of hydrogen-bond acceptors (Lipinski definition) is 5. The van der Waals surface area contributed by atoms with Gasteiger partial charge in [-0.3, -0.25) is 14.9 Å². The molecule has 23 heavy (non-hydrogen) atoms. The van der Waals surface area contributed by atoms with Crippen LogP contribution in [-0.4, -0.2) is 27.8 Å². The van der Waals surface area contributed by atoms with Crippen molar-refractivity contribution >= 4 is 17.4 Å². The zero-order valence-corrected chi connectivity index (χ0v) is 12.0. The molecular formula is C16H14N2O5. The Labute approximate surface area is 131 Å². The average Bonchev–Trinajstić information content (AvgIpc) is 2.54. The van der Waals surface area contributed by atoms with E-state index in [9.17, 15) is 24.8 Å². The lowest BCUT2D eigenvalue weighted by Crippen LogP contribution is -2.34. The third kappa shape index (κ3) is 3.58. The summed E-state index contributed by atoms with van der Waals surface area (Å²) in [4.78, 5) is 34.1. The summed E-state index contributed by atoms with van der Waals surface area (Å²) in [6.45, 7) is 0. The molecule has 0 unspecified atom stereocenters. The van der Waals surface area contributed by atoms with E-state index >= 15 is 0 Å². The average molecular weight is 314 g/mol. The Morgan fingerprint density at radius 3 is 2.35 bits per heavy atom. The molecule has 1 atom stereocenters. The summed E-state index contributed by atoms with van der Waals surface area (Å²) in [7, 11) is 0. The lowest BCUT2D eigenvalue weighted by Gasteiger charge is -2.12. The summed E-state index contributed by atoms with van der Waals surface area (Å²) in [5.74, 6) is -2.18. The highest BCUT2D eigenvalue weighted by Crippen LogP contribution is 2.24. The maximum atomic E-state index is 12.5. The Morgan fingerprint density at radius 1 is 1.13 bits per heavy atom. The lowest BCUT2D eigenvalue weighted by atomic mass is 9.94. The van der Waals surface area contributed by atoms with Crippen molar-refractivity contribution in [2.24, 2.45) is 5.73 Å². The van der Waals surface area contributed by atoms with E-state index in [2.05, 4.69) is 0 Å². The summed E-state index contributed by atoms with van der Waals surface area (Å²) in [6, 6.07) is 11.3. The number of hydrogen-bond donors (Lipinski definition) is 2. The van der Waals surface area contributed by atoms with E-state index in [0.29, 0.717) is 0 Å². The van der Waals surface area contributed by atoms with E-state index in [1.165, 1.54) is 6.07 Å². The van der Waals surface area contributed by atoms with E-state index in [1.54, 1.807) is 30.3 Å². The van der Waals surface area contributed by atoms with Gasteiger partial charge in [0, 0.05) is 6.07 Å². The summed E-state index contributed by atoms with van der Waals surface area (Å²) in [5.41, 5.74) is 5.19. The summed E-state index contributed by atoms with van der Waals surface area (Å²) in [6.07, 6.45) is 0.158. The summed E-state index contributed by atoms with van der Waals surface area (Å²) in [5, 5.41) is 20.3. The fourth-order valence-corrected chi connectivity index (χ4v) is 2.28. The molecule has 7 heteroatoms. The first-order valence-corrected chi connectivity index (χ1v) is 6.76. The fourth-order valence-electron chi connectivity index (χ4n) is 2.28. The van der Waals surface area contributed by atoms with Crippen molar-refractivity contribution in [1.29, 1.82) is 0 Å². The Kier molecular flexibility index (Phi) is 4.82. The maximum Gasteiger partial charge on any atom is 0.336 e. The van der Waals surface area contributed by atoms with Crippen LogP contribution < -0.4 is 5.73 Å². The van der Waals surface area contributed by atoms with Crippen molar-refractivity contribution in [3.05, 3.63) is 75.3 Å². The molecule has 0 aliphatic rings. The molecule has 0 aromatic heterocycles. The predicted octanol–water partition coefficient (Wildman–Crippen LogP) is 2.05. The lowest BCUT2D eigenvalue weighted by molar-refractivity contribution is -0.385. The topological polar surface area (TPSA) is 124 Å². The second-order valence-corrected chi connectivity index (χ2v) is 4.92. The molecular weight excluding hydrogens is 300 g/mol. The number of nitrogens with two attached hydrogens (primary N) is 1. The van der Waals surface area contributed by atoms with E-state index in [-0.39, 0.29) is 6.42 Å². The molecule has 0 bridgehead atoms. The molecule has 3 N–H and O–H groups in total. The Morgan fingerprint density at radius 2 is 1.78 bits per heavy atom. The van der Waals surface area contributed by atoms with Crippen LogP contribution in [0, 0.1) is 10.1 Å². The van der Waals surface area contributed by atoms with Crippen molar-refractivity contribution in [3.63, 3.8) is 0 Å². The number of ketones is 1. The number of carboxylic acid groups (broad SMARTS) is 1. The van der Waals surface area contributed by atoms with Crippen molar-refractivity contribution in [2.45, 2.75) is 12.5 Å². The maximum absolute atomic E-state index is 12.5. The van der Waals surface area contributed by atoms with Gasteiger partial charge in [0.2, 0.25) is 0 Å². The van der Waals surface area contributed by atoms with Crippen molar-refractivity contribution < 1.29 is 19.6 Å². The molecule has 0 fully saturated rings. The molecule has 0 heterocycles. The first kappa shape index (κ1) is 16.3. The van der Waals surface area contributed by atoms with Crippen LogP contribution in [0.1, 0.15) is 26.3 Å². The number of aromatic carboxylic acids is 1. The van der Waals surface area contributed by atoms with Gasteiger partial charge in [-0.1, -0.05) is 36.4 Å². The number of rotatable bonds is 6. The highest BCUT2D eigenvalue weighted by atomic mass is 16.6. The van der Waals surface area contributed by atoms with Gasteiger partial charge in [0.15, 0.2) is 5.78 Å². The van der Waals surface area contributed by atoms with Crippen LogP contribution in [0.25, 0.3) is 0 Å². The number of nitro groups is 1. The predicted molar refractivity (Wildman–Crippen MR) is 82.5 cm³/mol. The smallest absolute Gasteiger partial charge is 0.336 e.